The topological polar surface area (TPSA) is 52.9 Å². The van der Waals surface area contributed by atoms with Crippen LogP contribution in [0, 0.1) is 0 Å². The number of hydrogen-bond acceptors (Lipinski definition) is 3. The molecule has 0 bridgehead atoms. The van der Waals surface area contributed by atoms with Gasteiger partial charge in [-0.15, -0.1) is 0 Å². The van der Waals surface area contributed by atoms with E-state index in [2.05, 4.69) is 38.2 Å². The molecule has 3 aromatic rings. The molecule has 0 radical (unpaired) electrons. The summed E-state index contributed by atoms with van der Waals surface area (Å²) >= 11 is 5.49. The first kappa shape index (κ1) is 19.5. The van der Waals surface area contributed by atoms with Gasteiger partial charge in [-0.1, -0.05) is 36.4 Å². The first-order chi connectivity index (χ1) is 15.1. The average molecular weight is 430 g/mol. The Morgan fingerprint density at radius 2 is 1.90 bits per heavy atom. The van der Waals surface area contributed by atoms with Crippen LogP contribution in [-0.2, 0) is 11.5 Å². The highest BCUT2D eigenvalue weighted by molar-refractivity contribution is 7.80. The SMILES string of the molecule is CC1=NN(c2ccccc2)C(=O)C1=Cc1cn(CN2CCCNC2=S)c2ccccc12. The maximum atomic E-state index is 13.1. The van der Waals surface area contributed by atoms with Crippen molar-refractivity contribution in [2.75, 3.05) is 18.1 Å². The molecule has 0 unspecified atom stereocenters. The fourth-order valence-electron chi connectivity index (χ4n) is 4.09. The molecule has 1 N–H and O–H groups in total. The van der Waals surface area contributed by atoms with Crippen molar-refractivity contribution in [1.82, 2.24) is 14.8 Å². The summed E-state index contributed by atoms with van der Waals surface area (Å²) in [6.45, 7) is 4.42. The molecule has 0 atom stereocenters. The van der Waals surface area contributed by atoms with Gasteiger partial charge < -0.3 is 14.8 Å². The normalized spacial score (nSPS) is 18.1. The Balaban J connectivity index is 1.51. The van der Waals surface area contributed by atoms with Crippen molar-refractivity contribution < 1.29 is 4.79 Å². The first-order valence-electron chi connectivity index (χ1n) is 10.4. The van der Waals surface area contributed by atoms with Crippen molar-refractivity contribution in [2.45, 2.75) is 20.0 Å². The molecular weight excluding hydrogens is 406 g/mol. The van der Waals surface area contributed by atoms with E-state index in [1.165, 1.54) is 5.01 Å². The van der Waals surface area contributed by atoms with E-state index in [1.807, 2.05) is 55.5 Å². The second kappa shape index (κ2) is 8.00. The molecule has 0 aliphatic carbocycles. The van der Waals surface area contributed by atoms with E-state index >= 15 is 0 Å². The number of nitrogens with one attached hydrogen (secondary N) is 1. The van der Waals surface area contributed by atoms with E-state index in [0.29, 0.717) is 18.0 Å². The average Bonchev–Trinajstić information content (AvgIpc) is 3.28. The van der Waals surface area contributed by atoms with Gasteiger partial charge in [-0.05, 0) is 49.8 Å². The van der Waals surface area contributed by atoms with Gasteiger partial charge in [0.1, 0.15) is 0 Å². The Hall–Kier alpha value is -3.45. The molecular formula is C24H23N5OS. The Morgan fingerprint density at radius 3 is 2.71 bits per heavy atom. The van der Waals surface area contributed by atoms with E-state index in [0.717, 1.165) is 46.8 Å². The standard InChI is InChI=1S/C24H23N5OS/c1-17-21(23(30)29(26-17)19-8-3-2-4-9-19)14-18-15-28(22-11-6-5-10-20(18)22)16-27-13-7-12-25-24(27)31/h2-6,8-11,14-15H,7,12-13,16H2,1H3,(H,25,31). The van der Waals surface area contributed by atoms with E-state index in [1.54, 1.807) is 0 Å². The zero-order chi connectivity index (χ0) is 21.4. The van der Waals surface area contributed by atoms with Crippen molar-refractivity contribution in [2.24, 2.45) is 5.10 Å². The third-order valence-electron chi connectivity index (χ3n) is 5.67. The predicted molar refractivity (Wildman–Crippen MR) is 129 cm³/mol. The van der Waals surface area contributed by atoms with E-state index in [9.17, 15) is 4.79 Å². The largest absolute Gasteiger partial charge is 0.362 e. The molecule has 31 heavy (non-hydrogen) atoms. The highest BCUT2D eigenvalue weighted by Crippen LogP contribution is 2.28. The summed E-state index contributed by atoms with van der Waals surface area (Å²) in [7, 11) is 0. The molecule has 0 spiro atoms. The lowest BCUT2D eigenvalue weighted by atomic mass is 10.1. The number of fused-ring (bicyclic) bond motifs is 1. The van der Waals surface area contributed by atoms with Crippen LogP contribution in [0.3, 0.4) is 0 Å². The minimum Gasteiger partial charge on any atom is -0.362 e. The van der Waals surface area contributed by atoms with E-state index in [4.69, 9.17) is 12.2 Å². The molecule has 0 saturated carbocycles. The predicted octanol–water partition coefficient (Wildman–Crippen LogP) is 3.99. The van der Waals surface area contributed by atoms with Crippen LogP contribution in [0.15, 0.2) is 71.5 Å². The second-order valence-electron chi connectivity index (χ2n) is 7.76. The number of para-hydroxylation sites is 2. The van der Waals surface area contributed by atoms with Crippen LogP contribution in [0.4, 0.5) is 5.69 Å². The summed E-state index contributed by atoms with van der Waals surface area (Å²) in [5.41, 5.74) is 4.21. The molecule has 156 valence electrons. The van der Waals surface area contributed by atoms with Crippen molar-refractivity contribution in [1.29, 1.82) is 0 Å². The maximum absolute atomic E-state index is 13.1. The third-order valence-corrected chi connectivity index (χ3v) is 6.08. The van der Waals surface area contributed by atoms with Gasteiger partial charge in [-0.3, -0.25) is 4.79 Å². The van der Waals surface area contributed by atoms with Crippen molar-refractivity contribution in [3.63, 3.8) is 0 Å². The third kappa shape index (κ3) is 3.61. The number of nitrogens with zero attached hydrogens (tertiary/aromatic N) is 4. The van der Waals surface area contributed by atoms with Gasteiger partial charge in [-0.25, -0.2) is 0 Å². The Morgan fingerprint density at radius 1 is 1.13 bits per heavy atom. The highest BCUT2D eigenvalue weighted by Gasteiger charge is 2.29. The van der Waals surface area contributed by atoms with Crippen LogP contribution >= 0.6 is 12.2 Å². The summed E-state index contributed by atoms with van der Waals surface area (Å²) in [5.74, 6) is -0.109. The summed E-state index contributed by atoms with van der Waals surface area (Å²) in [4.78, 5) is 15.3. The Kier molecular flexibility index (Phi) is 5.03. The molecule has 1 saturated heterocycles. The van der Waals surface area contributed by atoms with Crippen molar-refractivity contribution in [3.8, 4) is 0 Å². The Bertz CT molecular complexity index is 1230. The van der Waals surface area contributed by atoms with Gasteiger partial charge in [0.25, 0.3) is 5.91 Å². The minimum absolute atomic E-state index is 0.109. The van der Waals surface area contributed by atoms with Gasteiger partial charge in [0.2, 0.25) is 0 Å². The number of benzene rings is 2. The molecule has 1 aromatic heterocycles. The number of carbonyl (C=O) groups is 1. The van der Waals surface area contributed by atoms with Gasteiger partial charge >= 0.3 is 0 Å². The summed E-state index contributed by atoms with van der Waals surface area (Å²) in [6.07, 6.45) is 5.12. The van der Waals surface area contributed by atoms with Crippen LogP contribution in [-0.4, -0.2) is 39.3 Å². The van der Waals surface area contributed by atoms with Crippen LogP contribution in [0.2, 0.25) is 0 Å². The molecule has 1 fully saturated rings. The zero-order valence-electron chi connectivity index (χ0n) is 17.3. The maximum Gasteiger partial charge on any atom is 0.280 e. The number of thiocarbonyl (C=S) groups is 1. The molecule has 7 heteroatoms. The molecule has 2 aromatic carbocycles. The number of rotatable bonds is 4. The lowest BCUT2D eigenvalue weighted by molar-refractivity contribution is -0.114. The number of carbonyl (C=O) groups excluding carboxylic acids is 1. The smallest absolute Gasteiger partial charge is 0.280 e. The molecule has 6 nitrogen and oxygen atoms in total. The van der Waals surface area contributed by atoms with Gasteiger partial charge in [0, 0.05) is 30.2 Å². The Labute approximate surface area is 186 Å². The highest BCUT2D eigenvalue weighted by atomic mass is 32.1. The van der Waals surface area contributed by atoms with Gasteiger partial charge in [0.15, 0.2) is 5.11 Å². The quantitative estimate of drug-likeness (QED) is 0.503. The molecule has 1 amide bonds. The summed E-state index contributed by atoms with van der Waals surface area (Å²) < 4.78 is 2.20. The number of aromatic nitrogens is 1. The van der Waals surface area contributed by atoms with E-state index < -0.39 is 0 Å². The van der Waals surface area contributed by atoms with E-state index in [-0.39, 0.29) is 5.91 Å². The number of hydrogen-bond donors (Lipinski definition) is 1. The van der Waals surface area contributed by atoms with Gasteiger partial charge in [-0.2, -0.15) is 10.1 Å². The lowest BCUT2D eigenvalue weighted by Crippen LogP contribution is -2.46. The van der Waals surface area contributed by atoms with Gasteiger partial charge in [0.05, 0.1) is 29.2 Å². The molecule has 2 aliphatic rings. The fraction of sp³-hybridized carbons (Fsp3) is 0.208. The summed E-state index contributed by atoms with van der Waals surface area (Å²) in [6, 6.07) is 17.8. The lowest BCUT2D eigenvalue weighted by Gasteiger charge is -2.30. The monoisotopic (exact) mass is 429 g/mol. The van der Waals surface area contributed by atoms with Crippen LogP contribution < -0.4 is 10.3 Å². The molecule has 5 rings (SSSR count). The van der Waals surface area contributed by atoms with Crippen molar-refractivity contribution in [3.05, 3.63) is 71.9 Å². The van der Waals surface area contributed by atoms with Crippen molar-refractivity contribution >= 4 is 51.6 Å². The molecule has 2 aliphatic heterocycles. The molecule has 3 heterocycles. The van der Waals surface area contributed by atoms with Crippen LogP contribution in [0.5, 0.6) is 0 Å². The van der Waals surface area contributed by atoms with Crippen LogP contribution in [0.1, 0.15) is 18.9 Å². The number of hydrazone groups is 1. The zero-order valence-corrected chi connectivity index (χ0v) is 18.1. The summed E-state index contributed by atoms with van der Waals surface area (Å²) in [5, 5.41) is 11.1. The second-order valence-corrected chi connectivity index (χ2v) is 8.14. The minimum atomic E-state index is -0.109. The fourth-order valence-corrected chi connectivity index (χ4v) is 4.34. The first-order valence-corrected chi connectivity index (χ1v) is 10.8. The number of anilines is 1. The van der Waals surface area contributed by atoms with Crippen LogP contribution in [0.25, 0.3) is 17.0 Å². The number of amides is 1.